The van der Waals surface area contributed by atoms with Crippen LogP contribution in [-0.4, -0.2) is 20.4 Å². The van der Waals surface area contributed by atoms with Crippen LogP contribution in [0.3, 0.4) is 0 Å². The van der Waals surface area contributed by atoms with Crippen LogP contribution in [0.1, 0.15) is 29.3 Å². The van der Waals surface area contributed by atoms with Crippen molar-refractivity contribution in [3.05, 3.63) is 81.6 Å². The van der Waals surface area contributed by atoms with E-state index in [1.807, 2.05) is 19.1 Å². The van der Waals surface area contributed by atoms with Gasteiger partial charge in [-0.05, 0) is 73.2 Å². The van der Waals surface area contributed by atoms with Gasteiger partial charge in [-0.1, -0.05) is 34.1 Å². The highest BCUT2D eigenvalue weighted by molar-refractivity contribution is 9.10. The average Bonchev–Trinajstić information content (AvgIpc) is 3.24. The average molecular weight is 493 g/mol. The topological polar surface area (TPSA) is 75.3 Å². The minimum absolute atomic E-state index is 0.0168. The molecule has 1 aromatic heterocycles. The molecule has 0 aliphatic carbocycles. The van der Waals surface area contributed by atoms with Crippen molar-refractivity contribution < 1.29 is 13.2 Å². The van der Waals surface area contributed by atoms with Gasteiger partial charge < -0.3 is 5.32 Å². The molecule has 3 aromatic rings. The van der Waals surface area contributed by atoms with Crippen molar-refractivity contribution in [3.63, 3.8) is 0 Å². The Hall–Kier alpha value is -2.16. The molecule has 152 valence electrons. The molecule has 0 radical (unpaired) electrons. The van der Waals surface area contributed by atoms with Crippen LogP contribution in [-0.2, 0) is 16.4 Å². The van der Waals surface area contributed by atoms with E-state index in [0.717, 1.165) is 28.7 Å². The fraction of sp³-hybridized carbons (Fsp3) is 0.190. The van der Waals surface area contributed by atoms with Crippen molar-refractivity contribution in [2.75, 3.05) is 4.72 Å². The zero-order valence-corrected chi connectivity index (χ0v) is 19.0. The summed E-state index contributed by atoms with van der Waals surface area (Å²) in [4.78, 5) is 12.4. The third-order valence-electron chi connectivity index (χ3n) is 4.32. The molecule has 0 saturated heterocycles. The van der Waals surface area contributed by atoms with E-state index in [9.17, 15) is 13.2 Å². The fourth-order valence-electron chi connectivity index (χ4n) is 2.73. The van der Waals surface area contributed by atoms with E-state index < -0.39 is 10.0 Å². The first-order valence-corrected chi connectivity index (χ1v) is 12.2. The monoisotopic (exact) mass is 492 g/mol. The second kappa shape index (κ2) is 9.56. The number of hydrogen-bond donors (Lipinski definition) is 2. The summed E-state index contributed by atoms with van der Waals surface area (Å²) < 4.78 is 28.3. The molecule has 0 saturated carbocycles. The predicted molar refractivity (Wildman–Crippen MR) is 121 cm³/mol. The lowest BCUT2D eigenvalue weighted by molar-refractivity contribution is 0.0938. The maximum atomic E-state index is 12.4. The molecule has 0 spiro atoms. The second-order valence-corrected chi connectivity index (χ2v) is 10.4. The number of rotatable bonds is 8. The number of sulfonamides is 1. The number of carbonyl (C=O) groups excluding carboxylic acids is 1. The number of anilines is 1. The Balaban J connectivity index is 1.53. The van der Waals surface area contributed by atoms with Crippen molar-refractivity contribution in [2.45, 2.75) is 30.0 Å². The summed E-state index contributed by atoms with van der Waals surface area (Å²) in [6.45, 7) is 1.97. The molecule has 0 fully saturated rings. The lowest BCUT2D eigenvalue weighted by Gasteiger charge is -2.14. The van der Waals surface area contributed by atoms with Gasteiger partial charge in [0, 0.05) is 21.8 Å². The van der Waals surface area contributed by atoms with Crippen molar-refractivity contribution in [2.24, 2.45) is 0 Å². The molecule has 1 atom stereocenters. The number of amides is 1. The Kier molecular flexibility index (Phi) is 7.10. The van der Waals surface area contributed by atoms with Crippen molar-refractivity contribution >= 4 is 48.9 Å². The van der Waals surface area contributed by atoms with Crippen LogP contribution in [0.25, 0.3) is 0 Å². The van der Waals surface area contributed by atoms with E-state index in [0.29, 0.717) is 11.3 Å². The number of benzene rings is 2. The van der Waals surface area contributed by atoms with Crippen molar-refractivity contribution in [3.8, 4) is 0 Å². The van der Waals surface area contributed by atoms with Gasteiger partial charge in [0.25, 0.3) is 15.9 Å². The number of nitrogens with one attached hydrogen (secondary N) is 2. The van der Waals surface area contributed by atoms with Crippen LogP contribution in [0.5, 0.6) is 0 Å². The van der Waals surface area contributed by atoms with E-state index in [-0.39, 0.29) is 16.2 Å². The van der Waals surface area contributed by atoms with E-state index in [4.69, 9.17) is 0 Å². The highest BCUT2D eigenvalue weighted by Gasteiger charge is 2.16. The van der Waals surface area contributed by atoms with Gasteiger partial charge in [0.05, 0.1) is 0 Å². The summed E-state index contributed by atoms with van der Waals surface area (Å²) in [5.41, 5.74) is 2.12. The molecule has 2 aromatic carbocycles. The van der Waals surface area contributed by atoms with Crippen LogP contribution >= 0.6 is 27.3 Å². The third kappa shape index (κ3) is 6.16. The Morgan fingerprint density at radius 3 is 2.38 bits per heavy atom. The van der Waals surface area contributed by atoms with Crippen molar-refractivity contribution in [1.82, 2.24) is 5.32 Å². The summed E-state index contributed by atoms with van der Waals surface area (Å²) in [6, 6.07) is 17.8. The molecular formula is C21H21BrN2O3S2. The Morgan fingerprint density at radius 2 is 1.76 bits per heavy atom. The van der Waals surface area contributed by atoms with E-state index in [2.05, 4.69) is 38.1 Å². The van der Waals surface area contributed by atoms with Gasteiger partial charge in [-0.25, -0.2) is 8.42 Å². The van der Waals surface area contributed by atoms with Gasteiger partial charge in [-0.15, -0.1) is 11.3 Å². The maximum absolute atomic E-state index is 12.4. The first-order chi connectivity index (χ1) is 13.8. The molecule has 8 heteroatoms. The van der Waals surface area contributed by atoms with Gasteiger partial charge in [0.2, 0.25) is 0 Å². The van der Waals surface area contributed by atoms with Crippen LogP contribution in [0, 0.1) is 0 Å². The van der Waals surface area contributed by atoms with Gasteiger partial charge >= 0.3 is 0 Å². The third-order valence-corrected chi connectivity index (χ3v) is 7.62. The second-order valence-electron chi connectivity index (χ2n) is 6.65. The van der Waals surface area contributed by atoms with Crippen LogP contribution in [0.2, 0.25) is 0 Å². The van der Waals surface area contributed by atoms with Crippen molar-refractivity contribution in [1.29, 1.82) is 0 Å². The zero-order chi connectivity index (χ0) is 20.9. The molecule has 0 bridgehead atoms. The minimum atomic E-state index is -3.59. The normalized spacial score (nSPS) is 12.3. The molecule has 5 nitrogen and oxygen atoms in total. The van der Waals surface area contributed by atoms with Gasteiger partial charge in [-0.2, -0.15) is 0 Å². The maximum Gasteiger partial charge on any atom is 0.271 e. The van der Waals surface area contributed by atoms with Gasteiger partial charge in [-0.3, -0.25) is 9.52 Å². The smallest absolute Gasteiger partial charge is 0.271 e. The molecule has 29 heavy (non-hydrogen) atoms. The van der Waals surface area contributed by atoms with E-state index in [1.165, 1.54) is 5.56 Å². The number of hydrogen-bond acceptors (Lipinski definition) is 4. The van der Waals surface area contributed by atoms with E-state index in [1.54, 1.807) is 41.8 Å². The highest BCUT2D eigenvalue weighted by Crippen LogP contribution is 2.20. The quantitative estimate of drug-likeness (QED) is 0.461. The van der Waals surface area contributed by atoms with Crippen LogP contribution in [0.4, 0.5) is 5.69 Å². The molecule has 0 aliphatic heterocycles. The Morgan fingerprint density at radius 1 is 1.07 bits per heavy atom. The van der Waals surface area contributed by atoms with Crippen LogP contribution in [0.15, 0.2) is 74.7 Å². The molecule has 0 aliphatic rings. The zero-order valence-electron chi connectivity index (χ0n) is 15.8. The predicted octanol–water partition coefficient (Wildman–Crippen LogP) is 5.06. The molecule has 3 rings (SSSR count). The van der Waals surface area contributed by atoms with Gasteiger partial charge in [0.15, 0.2) is 0 Å². The minimum Gasteiger partial charge on any atom is -0.350 e. The summed E-state index contributed by atoms with van der Waals surface area (Å²) in [5, 5.41) is 4.69. The fourth-order valence-corrected chi connectivity index (χ4v) is 5.04. The lowest BCUT2D eigenvalue weighted by atomic mass is 10.1. The van der Waals surface area contributed by atoms with Crippen LogP contribution < -0.4 is 10.0 Å². The Labute approximate surface area is 183 Å². The number of thiophene rings is 1. The molecule has 1 unspecified atom stereocenters. The number of aryl methyl sites for hydroxylation is 1. The SMILES string of the molecule is CC(CCc1ccc(Br)cc1)NC(=O)c1ccc(NS(=O)(=O)c2cccs2)cc1. The highest BCUT2D eigenvalue weighted by atomic mass is 79.9. The molecule has 1 amide bonds. The molecule has 2 N–H and O–H groups in total. The summed E-state index contributed by atoms with van der Waals surface area (Å²) in [5.74, 6) is -0.180. The number of halogens is 1. The van der Waals surface area contributed by atoms with E-state index >= 15 is 0 Å². The molecule has 1 heterocycles. The first kappa shape index (κ1) is 21.5. The number of carbonyl (C=O) groups is 1. The lowest BCUT2D eigenvalue weighted by Crippen LogP contribution is -2.32. The Bertz CT molecular complexity index is 1050. The van der Waals surface area contributed by atoms with Gasteiger partial charge in [0.1, 0.15) is 4.21 Å². The summed E-state index contributed by atoms with van der Waals surface area (Å²) in [6.07, 6.45) is 1.70. The first-order valence-electron chi connectivity index (χ1n) is 9.05. The standard InChI is InChI=1S/C21H21BrN2O3S2/c1-15(4-5-16-6-10-18(22)11-7-16)23-21(25)17-8-12-19(13-9-17)24-29(26,27)20-3-2-14-28-20/h2-3,6-15,24H,4-5H2,1H3,(H,23,25). The summed E-state index contributed by atoms with van der Waals surface area (Å²) >= 11 is 4.57. The largest absolute Gasteiger partial charge is 0.350 e. The summed E-state index contributed by atoms with van der Waals surface area (Å²) in [7, 11) is -3.59. The molecular weight excluding hydrogens is 472 g/mol.